The predicted molar refractivity (Wildman–Crippen MR) is 502 cm³/mol. The number of nitrogens with zero attached hydrogens (tertiary/aromatic N) is 6. The zero-order chi connectivity index (χ0) is 80.1. The van der Waals surface area contributed by atoms with Gasteiger partial charge in [-0.1, -0.05) is 164 Å². The zero-order valence-electron chi connectivity index (χ0n) is 68.5. The molecule has 6 nitrogen and oxygen atoms in total. The van der Waals surface area contributed by atoms with Gasteiger partial charge >= 0.3 is 26.2 Å². The quantitative estimate of drug-likeness (QED) is 0.0198. The predicted octanol–water partition coefficient (Wildman–Crippen LogP) is 28.7. The van der Waals surface area contributed by atoms with Crippen molar-refractivity contribution < 1.29 is 52.4 Å². The van der Waals surface area contributed by atoms with Crippen LogP contribution in [0.2, 0.25) is 0 Å². The van der Waals surface area contributed by atoms with Crippen LogP contribution in [0.25, 0.3) is 21.3 Å². The Bertz CT molecular complexity index is 3620. The number of hydrogen-bond donors (Lipinski definition) is 0. The first-order valence-corrected chi connectivity index (χ1v) is 42.0. The summed E-state index contributed by atoms with van der Waals surface area (Å²) in [5.41, 5.74) is 21.7. The molecule has 0 radical (unpaired) electrons. The van der Waals surface area contributed by atoms with Gasteiger partial charge in [0.15, 0.2) is 0 Å². The number of aryl methyl sites for hydroxylation is 8. The third-order valence-corrected chi connectivity index (χ3v) is 19.1. The Hall–Kier alpha value is -7.43. The first-order chi connectivity index (χ1) is 52.7. The van der Waals surface area contributed by atoms with Gasteiger partial charge in [0, 0.05) is 52.1 Å². The molecule has 2 unspecified atom stereocenters. The van der Waals surface area contributed by atoms with E-state index in [-0.39, 0.29) is 70.8 Å². The van der Waals surface area contributed by atoms with Crippen molar-refractivity contribution in [1.29, 1.82) is 0 Å². The van der Waals surface area contributed by atoms with E-state index in [1.165, 1.54) is 72.1 Å². The van der Waals surface area contributed by atoms with Crippen LogP contribution in [-0.4, -0.2) is 72.3 Å². The van der Waals surface area contributed by atoms with Crippen molar-refractivity contribution in [2.75, 3.05) is 51.2 Å². The van der Waals surface area contributed by atoms with E-state index in [4.69, 9.17) is 37.7 Å². The maximum absolute atomic E-state index is 4.88. The molecule has 0 heterocycles. The van der Waals surface area contributed by atoms with Gasteiger partial charge in [-0.25, -0.2) is 23.5 Å². The van der Waals surface area contributed by atoms with Gasteiger partial charge in [0.25, 0.3) is 0 Å². The first-order valence-electron chi connectivity index (χ1n) is 37.0. The molecular formula is C100H124N6S4Zr2-6. The minimum absolute atomic E-state index is 0. The molecule has 0 saturated carbocycles. The molecule has 10 rings (SSSR count). The van der Waals surface area contributed by atoms with Gasteiger partial charge in [0.1, 0.15) is 0 Å². The summed E-state index contributed by atoms with van der Waals surface area (Å²) < 4.78 is 0. The van der Waals surface area contributed by atoms with E-state index in [0.717, 1.165) is 116 Å². The van der Waals surface area contributed by atoms with Crippen molar-refractivity contribution in [2.24, 2.45) is 9.98 Å². The van der Waals surface area contributed by atoms with Crippen molar-refractivity contribution in [3.63, 3.8) is 0 Å². The summed E-state index contributed by atoms with van der Waals surface area (Å²) in [5, 5.41) is 21.8. The topological polar surface area (TPSA) is 81.1 Å². The van der Waals surface area contributed by atoms with Crippen LogP contribution in [-0.2, 0) is 65.2 Å². The van der Waals surface area contributed by atoms with Gasteiger partial charge in [-0.15, -0.1) is 127 Å². The zero-order valence-corrected chi connectivity index (χ0v) is 76.7. The van der Waals surface area contributed by atoms with Crippen LogP contribution in [0.5, 0.6) is 0 Å². The summed E-state index contributed by atoms with van der Waals surface area (Å²) in [6.45, 7) is 44.8. The second kappa shape index (κ2) is 69.1. The number of rotatable bonds is 24. The molecule has 0 fully saturated rings. The summed E-state index contributed by atoms with van der Waals surface area (Å²) in [7, 11) is 0. The molecule has 0 aliphatic carbocycles. The van der Waals surface area contributed by atoms with E-state index < -0.39 is 0 Å². The Kier molecular flexibility index (Phi) is 65.8. The fourth-order valence-electron chi connectivity index (χ4n) is 10.1. The van der Waals surface area contributed by atoms with Crippen molar-refractivity contribution in [3.05, 3.63) is 407 Å². The van der Waals surface area contributed by atoms with Gasteiger partial charge in [0.2, 0.25) is 0 Å². The monoisotopic (exact) mass is 1720 g/mol. The molecule has 0 aliphatic rings. The molecule has 592 valence electrons. The molecule has 0 saturated heterocycles. The number of unbranched alkanes of at least 4 members (excludes halogenated alkanes) is 4. The van der Waals surface area contributed by atoms with Gasteiger partial charge in [-0.2, -0.15) is 159 Å². The molecule has 0 N–H and O–H groups in total. The molecular weight excluding hydrogens is 1600 g/mol. The van der Waals surface area contributed by atoms with E-state index in [1.807, 2.05) is 182 Å². The summed E-state index contributed by atoms with van der Waals surface area (Å²) in [4.78, 5) is 9.77. The Morgan fingerprint density at radius 2 is 0.589 bits per heavy atom. The van der Waals surface area contributed by atoms with E-state index in [9.17, 15) is 0 Å². The average Bonchev–Trinajstić information content (AvgIpc) is 0.879. The van der Waals surface area contributed by atoms with E-state index in [2.05, 4.69) is 213 Å². The van der Waals surface area contributed by atoms with Crippen LogP contribution < -0.4 is 0 Å². The Labute approximate surface area is 738 Å². The molecule has 10 aromatic rings. The third kappa shape index (κ3) is 52.1. The molecule has 0 aliphatic heterocycles. The third-order valence-electron chi connectivity index (χ3n) is 16.2. The molecule has 0 spiro atoms. The Morgan fingerprint density at radius 1 is 0.357 bits per heavy atom. The minimum atomic E-state index is -0.0264. The minimum Gasteiger partial charge on any atom is -0.691 e. The van der Waals surface area contributed by atoms with E-state index in [0.29, 0.717) is 0 Å². The van der Waals surface area contributed by atoms with Crippen LogP contribution in [0.3, 0.4) is 0 Å². The summed E-state index contributed by atoms with van der Waals surface area (Å²) in [5.74, 6) is 7.08. The molecule has 12 heteroatoms. The number of para-hydroxylation sites is 2. The number of aliphatic imine (C=N–C) groups is 2. The maximum atomic E-state index is 4.88. The van der Waals surface area contributed by atoms with Crippen LogP contribution in [0.1, 0.15) is 142 Å². The van der Waals surface area contributed by atoms with E-state index in [1.54, 1.807) is 54.0 Å². The molecule has 10 aromatic carbocycles. The van der Waals surface area contributed by atoms with Crippen molar-refractivity contribution in [3.8, 4) is 24.2 Å². The SMILES string of the molecule is C.C#CC#CC.CSC(Cc1c(C)cccc1C)=NCCCCCN=C(Cc1c(C)cccc1C)SC.CSC([N-]CCCCC[N-]C([N-]c1c(C)cccc1C)SC)[N-]c1c(C)cccc1C.[CH2-]c1ccccc1.[CH2-]c1ccccc1.[CH2-]c1ccccc1.[CH2-]c1ccccc1.[CH2-]c1ccccc1.[CH2-]c1ccccc1.[Zr+4].[Zr]. The normalized spacial score (nSPS) is 10.4. The summed E-state index contributed by atoms with van der Waals surface area (Å²) in [6, 6.07) is 84.9. The fourth-order valence-corrected chi connectivity index (χ4v) is 12.0. The maximum Gasteiger partial charge on any atom is 4.00 e. The Morgan fingerprint density at radius 3 is 0.777 bits per heavy atom. The van der Waals surface area contributed by atoms with Crippen LogP contribution in [0.4, 0.5) is 11.4 Å². The fraction of sp³-hybridized carbons (Fsp3) is 0.280. The largest absolute Gasteiger partial charge is 4.00 e. The molecule has 0 amide bonds. The average molecular weight is 1720 g/mol. The standard InChI is InChI=1S/C27H38N2S2.C25H36N4S2.6C7H7.C5H4.CH4.2Zr/c1-20-12-10-13-21(2)24(20)18-26(30-5)28-16-8-7-9-17-29-27(31-6)19-25-22(3)14-11-15-23(25)4;1-18-12-10-13-19(2)22(18)28-24(30-5)26-16-8-7-9-17-27-25(31-6)29-23-20(3)14-11-15-21(23)4;6*1-7-5-3-2-4-6-7;1-3-5-4-2;;;/h10-15H,7-9,16-19H2,1-6H3;10-15,24-25H,7-9,16-17H2,1-6H3;6*2-6H,1H2;1H,2H3;1H4;;/q;-4;6*-1;;;;+4. The molecule has 2 atom stereocenters. The number of hydrogen-bond acceptors (Lipinski definition) is 6. The number of thioether (sulfide) groups is 4. The molecule has 112 heavy (non-hydrogen) atoms. The van der Waals surface area contributed by atoms with Gasteiger partial charge in [-0.3, -0.25) is 9.98 Å². The smallest absolute Gasteiger partial charge is 0.691 e. The van der Waals surface area contributed by atoms with Crippen LogP contribution in [0.15, 0.2) is 265 Å². The summed E-state index contributed by atoms with van der Waals surface area (Å²) >= 11 is 6.96. The Balaban J connectivity index is 0. The van der Waals surface area contributed by atoms with E-state index >= 15 is 0 Å². The molecule has 0 aromatic heterocycles. The van der Waals surface area contributed by atoms with Gasteiger partial charge in [0.05, 0.1) is 10.1 Å². The van der Waals surface area contributed by atoms with Crippen LogP contribution in [0, 0.1) is 121 Å². The van der Waals surface area contributed by atoms with Gasteiger partial charge in [-0.05, 0) is 152 Å². The van der Waals surface area contributed by atoms with Crippen LogP contribution >= 0.6 is 47.0 Å². The molecule has 0 bridgehead atoms. The second-order valence-electron chi connectivity index (χ2n) is 25.3. The van der Waals surface area contributed by atoms with Crippen molar-refractivity contribution >= 4 is 68.5 Å². The first kappa shape index (κ1) is 107. The van der Waals surface area contributed by atoms with Crippen molar-refractivity contribution in [2.45, 2.75) is 132 Å². The summed E-state index contributed by atoms with van der Waals surface area (Å²) in [6.07, 6.45) is 21.8. The second-order valence-corrected chi connectivity index (χ2v) is 28.8. The van der Waals surface area contributed by atoms with Gasteiger partial charge < -0.3 is 21.3 Å². The van der Waals surface area contributed by atoms with Crippen molar-refractivity contribution in [1.82, 2.24) is 0 Å². The number of benzene rings is 10. The number of terminal acetylenes is 1.